The van der Waals surface area contributed by atoms with E-state index >= 15 is 0 Å². The van der Waals surface area contributed by atoms with Gasteiger partial charge < -0.3 is 24.3 Å². The third-order valence-electron chi connectivity index (χ3n) is 6.03. The van der Waals surface area contributed by atoms with Crippen LogP contribution in [0.2, 0.25) is 0 Å². The quantitative estimate of drug-likeness (QED) is 0.181. The maximum atomic E-state index is 14.1. The van der Waals surface area contributed by atoms with Crippen LogP contribution in [0.3, 0.4) is 0 Å². The molecule has 0 saturated carbocycles. The van der Waals surface area contributed by atoms with E-state index in [2.05, 4.69) is 11.9 Å². The lowest BCUT2D eigenvalue weighted by atomic mass is 9.76. The first-order valence-corrected chi connectivity index (χ1v) is 11.4. The normalized spacial score (nSPS) is 16.3. The number of amides is 1. The Morgan fingerprint density at radius 1 is 1.06 bits per heavy atom. The average molecular weight is 480 g/mol. The van der Waals surface area contributed by atoms with E-state index in [-0.39, 0.29) is 45.0 Å². The Balaban J connectivity index is 4.58. The molecule has 0 aromatic rings. The summed E-state index contributed by atoms with van der Waals surface area (Å²) < 4.78 is 49.1. The molecule has 0 spiro atoms. The van der Waals surface area contributed by atoms with E-state index in [0.29, 0.717) is 12.8 Å². The van der Waals surface area contributed by atoms with E-state index < -0.39 is 41.5 Å². The number of carbonyl (C=O) groups excluding carboxylic acids is 2. The fourth-order valence-corrected chi connectivity index (χ4v) is 2.54. The Labute approximate surface area is 197 Å². The van der Waals surface area contributed by atoms with Gasteiger partial charge in [-0.3, -0.25) is 4.39 Å². The third kappa shape index (κ3) is 11.8. The van der Waals surface area contributed by atoms with Gasteiger partial charge in [-0.05, 0) is 41.0 Å². The summed E-state index contributed by atoms with van der Waals surface area (Å²) in [5.41, 5.74) is -2.17. The Bertz CT molecular complexity index is 628. The van der Waals surface area contributed by atoms with Crippen molar-refractivity contribution >= 4 is 12.1 Å². The average Bonchev–Trinajstić information content (AvgIpc) is 2.74. The highest BCUT2D eigenvalue weighted by atomic mass is 19.1. The lowest BCUT2D eigenvalue weighted by molar-refractivity contribution is -0.169. The van der Waals surface area contributed by atoms with Gasteiger partial charge in [0.25, 0.3) is 0 Å². The first-order valence-electron chi connectivity index (χ1n) is 11.4. The molecular formula is C24H43F2NO6. The van der Waals surface area contributed by atoms with Gasteiger partial charge >= 0.3 is 12.1 Å². The highest BCUT2D eigenvalue weighted by Crippen LogP contribution is 2.37. The van der Waals surface area contributed by atoms with E-state index in [1.807, 2.05) is 13.8 Å². The van der Waals surface area contributed by atoms with Crippen molar-refractivity contribution in [2.75, 3.05) is 39.6 Å². The highest BCUT2D eigenvalue weighted by Gasteiger charge is 2.44. The van der Waals surface area contributed by atoms with Crippen molar-refractivity contribution in [3.05, 3.63) is 12.2 Å². The van der Waals surface area contributed by atoms with Gasteiger partial charge in [0, 0.05) is 23.8 Å². The minimum atomic E-state index is -0.986. The smallest absolute Gasteiger partial charge is 0.407 e. The predicted octanol–water partition coefficient (Wildman–Crippen LogP) is 4.93. The number of hydrogen-bond donors (Lipinski definition) is 1. The van der Waals surface area contributed by atoms with Crippen molar-refractivity contribution in [3.8, 4) is 0 Å². The van der Waals surface area contributed by atoms with Crippen LogP contribution in [0.15, 0.2) is 12.2 Å². The molecule has 0 aliphatic heterocycles. The predicted molar refractivity (Wildman–Crippen MR) is 124 cm³/mol. The fraction of sp³-hybridized carbons (Fsp3) is 0.833. The zero-order valence-corrected chi connectivity index (χ0v) is 21.4. The van der Waals surface area contributed by atoms with Crippen LogP contribution in [0.25, 0.3) is 0 Å². The van der Waals surface area contributed by atoms with Crippen molar-refractivity contribution in [1.29, 1.82) is 0 Å². The van der Waals surface area contributed by atoms with Gasteiger partial charge in [0.05, 0.1) is 50.4 Å². The van der Waals surface area contributed by atoms with Gasteiger partial charge in [0.2, 0.25) is 0 Å². The molecule has 33 heavy (non-hydrogen) atoms. The molecule has 0 heterocycles. The summed E-state index contributed by atoms with van der Waals surface area (Å²) in [6.45, 7) is 15.4. The van der Waals surface area contributed by atoms with E-state index in [1.165, 1.54) is 13.8 Å². The van der Waals surface area contributed by atoms with Gasteiger partial charge in [-0.25, -0.2) is 14.0 Å². The number of carbonyl (C=O) groups is 2. The number of hydrogen-bond acceptors (Lipinski definition) is 6. The van der Waals surface area contributed by atoms with Gasteiger partial charge in [0.1, 0.15) is 6.61 Å². The van der Waals surface area contributed by atoms with Crippen LogP contribution in [-0.2, 0) is 23.7 Å². The highest BCUT2D eigenvalue weighted by molar-refractivity contribution is 5.86. The number of alkyl halides is 2. The molecule has 0 aromatic heterocycles. The summed E-state index contributed by atoms with van der Waals surface area (Å²) in [5.74, 6) is -0.521. The van der Waals surface area contributed by atoms with Crippen LogP contribution >= 0.6 is 0 Å². The van der Waals surface area contributed by atoms with Crippen LogP contribution in [-0.4, -0.2) is 69.1 Å². The fourth-order valence-electron chi connectivity index (χ4n) is 2.54. The van der Waals surface area contributed by atoms with E-state index in [1.54, 1.807) is 20.8 Å². The molecule has 0 aliphatic carbocycles. The minimum absolute atomic E-state index is 0.0144. The number of halogens is 2. The van der Waals surface area contributed by atoms with Crippen LogP contribution in [0.4, 0.5) is 13.6 Å². The molecular weight excluding hydrogens is 436 g/mol. The SMILES string of the molecule is C=C(C)C(=O)OCCNC(=O)OCCC(C)(CC)OCC(C)(CF)C(C)(C)OCCC(C)F. The Kier molecular flexibility index (Phi) is 13.7. The minimum Gasteiger partial charge on any atom is -0.460 e. The molecule has 0 aliphatic rings. The lowest BCUT2D eigenvalue weighted by Crippen LogP contribution is -2.50. The summed E-state index contributed by atoms with van der Waals surface area (Å²) in [7, 11) is 0. The number of ether oxygens (including phenoxy) is 4. The monoisotopic (exact) mass is 479 g/mol. The molecule has 0 saturated heterocycles. The molecule has 1 N–H and O–H groups in total. The molecule has 194 valence electrons. The number of alkyl carbamates (subject to hydrolysis) is 1. The Morgan fingerprint density at radius 3 is 2.21 bits per heavy atom. The lowest BCUT2D eigenvalue weighted by Gasteiger charge is -2.44. The molecule has 0 bridgehead atoms. The topological polar surface area (TPSA) is 83.1 Å². The van der Waals surface area contributed by atoms with Gasteiger partial charge in [-0.2, -0.15) is 0 Å². The summed E-state index contributed by atoms with van der Waals surface area (Å²) in [6.07, 6.45) is -0.344. The number of nitrogens with one attached hydrogen (secondary N) is 1. The maximum Gasteiger partial charge on any atom is 0.407 e. The molecule has 3 unspecified atom stereocenters. The van der Waals surface area contributed by atoms with E-state index in [4.69, 9.17) is 18.9 Å². The van der Waals surface area contributed by atoms with Crippen LogP contribution in [0.5, 0.6) is 0 Å². The molecule has 0 fully saturated rings. The van der Waals surface area contributed by atoms with Gasteiger partial charge in [0.15, 0.2) is 0 Å². The molecule has 0 rings (SSSR count). The first kappa shape index (κ1) is 31.3. The maximum absolute atomic E-state index is 14.1. The Hall–Kier alpha value is -1.74. The zero-order valence-electron chi connectivity index (χ0n) is 21.4. The van der Waals surface area contributed by atoms with Gasteiger partial charge in [-0.1, -0.05) is 20.4 Å². The van der Waals surface area contributed by atoms with Crippen LogP contribution in [0, 0.1) is 5.41 Å². The standard InChI is InChI=1S/C24H43F2NO6/c1-9-24(8,11-14-31-21(29)27-12-15-30-20(28)18(2)3)33-17-23(7,16-25)22(5,6)32-13-10-19(4)26/h19H,2,9-17H2,1,3-8H3,(H,27,29). The molecule has 1 amide bonds. The first-order chi connectivity index (χ1) is 15.2. The summed E-state index contributed by atoms with van der Waals surface area (Å²) >= 11 is 0. The van der Waals surface area contributed by atoms with Crippen molar-refractivity contribution in [2.24, 2.45) is 5.41 Å². The van der Waals surface area contributed by atoms with Crippen molar-refractivity contribution in [2.45, 2.75) is 85.1 Å². The number of esters is 1. The molecule has 3 atom stereocenters. The van der Waals surface area contributed by atoms with E-state index in [0.717, 1.165) is 0 Å². The van der Waals surface area contributed by atoms with E-state index in [9.17, 15) is 18.4 Å². The van der Waals surface area contributed by atoms with Gasteiger partial charge in [-0.15, -0.1) is 0 Å². The molecule has 0 radical (unpaired) electrons. The van der Waals surface area contributed by atoms with Crippen molar-refractivity contribution in [1.82, 2.24) is 5.32 Å². The second kappa shape index (κ2) is 14.5. The summed E-state index contributed by atoms with van der Waals surface area (Å²) in [4.78, 5) is 23.1. The van der Waals surface area contributed by atoms with Crippen LogP contribution < -0.4 is 5.32 Å². The summed E-state index contributed by atoms with van der Waals surface area (Å²) in [5, 5.41) is 2.49. The largest absolute Gasteiger partial charge is 0.460 e. The van der Waals surface area contributed by atoms with Crippen molar-refractivity contribution in [3.63, 3.8) is 0 Å². The second-order valence-corrected chi connectivity index (χ2v) is 9.44. The Morgan fingerprint density at radius 2 is 1.70 bits per heavy atom. The molecule has 0 aromatic carbocycles. The molecule has 9 heteroatoms. The second-order valence-electron chi connectivity index (χ2n) is 9.44. The number of rotatable bonds is 17. The van der Waals surface area contributed by atoms with Crippen LogP contribution in [0.1, 0.15) is 67.7 Å². The summed E-state index contributed by atoms with van der Waals surface area (Å²) in [6, 6.07) is 0. The van der Waals surface area contributed by atoms with Crippen molar-refractivity contribution < 1.29 is 37.3 Å². The zero-order chi connectivity index (χ0) is 25.7. The molecule has 7 nitrogen and oxygen atoms in total. The third-order valence-corrected chi connectivity index (χ3v) is 6.03.